The summed E-state index contributed by atoms with van der Waals surface area (Å²) in [7, 11) is 0. The van der Waals surface area contributed by atoms with Gasteiger partial charge in [0.15, 0.2) is 0 Å². The van der Waals surface area contributed by atoms with E-state index < -0.39 is 5.97 Å². The predicted molar refractivity (Wildman–Crippen MR) is 60.7 cm³/mol. The van der Waals surface area contributed by atoms with Gasteiger partial charge >= 0.3 is 11.7 Å². The number of fused-ring (bicyclic) bond motifs is 1. The fourth-order valence-electron chi connectivity index (χ4n) is 1.51. The highest BCUT2D eigenvalue weighted by Crippen LogP contribution is 1.97. The molecule has 0 N–H and O–H groups in total. The normalized spacial score (nSPS) is 11.0. The van der Waals surface area contributed by atoms with Crippen LogP contribution in [0.15, 0.2) is 29.3 Å². The molecule has 0 atom stereocenters. The van der Waals surface area contributed by atoms with Crippen molar-refractivity contribution in [3.63, 3.8) is 0 Å². The largest absolute Gasteiger partial charge is 0.462 e. The molecule has 0 aliphatic heterocycles. The summed E-state index contributed by atoms with van der Waals surface area (Å²) < 4.78 is 7.46. The molecule has 2 aromatic heterocycles. The molecule has 90 valence electrons. The van der Waals surface area contributed by atoms with Gasteiger partial charge in [-0.2, -0.15) is 5.10 Å². The van der Waals surface area contributed by atoms with Gasteiger partial charge in [0, 0.05) is 6.20 Å². The number of hydrogen-bond donors (Lipinski definition) is 0. The lowest BCUT2D eigenvalue weighted by Crippen LogP contribution is -2.32. The van der Waals surface area contributed by atoms with Gasteiger partial charge in [-0.25, -0.2) is 9.48 Å². The summed E-state index contributed by atoms with van der Waals surface area (Å²) in [6.07, 6.45) is 2.96. The lowest BCUT2D eigenvalue weighted by molar-refractivity contribution is -0.148. The highest BCUT2D eigenvalue weighted by molar-refractivity contribution is 5.69. The highest BCUT2D eigenvalue weighted by Gasteiger charge is 2.10. The summed E-state index contributed by atoms with van der Waals surface area (Å²) >= 11 is 0. The molecular weight excluding hydrogens is 222 g/mol. The molecule has 0 aliphatic rings. The smallest absolute Gasteiger partial charge is 0.349 e. The van der Waals surface area contributed by atoms with Crippen LogP contribution in [0.3, 0.4) is 0 Å². The summed E-state index contributed by atoms with van der Waals surface area (Å²) in [4.78, 5) is 23.3. The molecule has 0 spiro atoms. The molecule has 0 saturated carbocycles. The Morgan fingerprint density at radius 3 is 3.00 bits per heavy atom. The van der Waals surface area contributed by atoms with E-state index in [2.05, 4.69) is 5.10 Å². The number of nitrogens with zero attached hydrogens (tertiary/aromatic N) is 3. The van der Waals surface area contributed by atoms with Gasteiger partial charge in [-0.3, -0.25) is 9.20 Å². The quantitative estimate of drug-likeness (QED) is 0.724. The van der Waals surface area contributed by atoms with Crippen molar-refractivity contribution in [2.24, 2.45) is 0 Å². The van der Waals surface area contributed by atoms with Gasteiger partial charge in [-0.15, -0.1) is 0 Å². The molecule has 2 rings (SSSR count). The molecule has 2 aromatic rings. The SMILES string of the molecule is CC(C)OC(=O)Cn1ncc2cccn2c1=O. The van der Waals surface area contributed by atoms with Crippen molar-refractivity contribution < 1.29 is 9.53 Å². The summed E-state index contributed by atoms with van der Waals surface area (Å²) in [5, 5.41) is 3.91. The first kappa shape index (κ1) is 11.4. The van der Waals surface area contributed by atoms with Gasteiger partial charge in [-0.05, 0) is 26.0 Å². The standard InChI is InChI=1S/C11H13N3O3/c1-8(2)17-10(15)7-14-11(16)13-5-3-4-9(13)6-12-14/h3-6,8H,7H2,1-2H3. The zero-order chi connectivity index (χ0) is 12.4. The van der Waals surface area contributed by atoms with E-state index in [1.807, 2.05) is 0 Å². The zero-order valence-electron chi connectivity index (χ0n) is 9.66. The second-order valence-electron chi connectivity index (χ2n) is 3.93. The van der Waals surface area contributed by atoms with E-state index >= 15 is 0 Å². The average Bonchev–Trinajstić information content (AvgIpc) is 2.69. The van der Waals surface area contributed by atoms with Gasteiger partial charge in [0.05, 0.1) is 17.8 Å². The molecule has 2 heterocycles. The predicted octanol–water partition coefficient (Wildman–Crippen LogP) is 0.448. The third kappa shape index (κ3) is 2.35. The van der Waals surface area contributed by atoms with Crippen LogP contribution in [0.1, 0.15) is 13.8 Å². The average molecular weight is 235 g/mol. The Morgan fingerprint density at radius 2 is 2.29 bits per heavy atom. The van der Waals surface area contributed by atoms with E-state index in [0.717, 1.165) is 4.68 Å². The van der Waals surface area contributed by atoms with Crippen molar-refractivity contribution in [1.29, 1.82) is 0 Å². The Morgan fingerprint density at radius 1 is 1.53 bits per heavy atom. The molecule has 0 aromatic carbocycles. The monoisotopic (exact) mass is 235 g/mol. The van der Waals surface area contributed by atoms with Crippen LogP contribution in [0.4, 0.5) is 0 Å². The molecule has 0 unspecified atom stereocenters. The molecule has 6 nitrogen and oxygen atoms in total. The van der Waals surface area contributed by atoms with Crippen molar-refractivity contribution in [2.45, 2.75) is 26.5 Å². The van der Waals surface area contributed by atoms with Crippen LogP contribution in [-0.2, 0) is 16.1 Å². The second kappa shape index (κ2) is 4.40. The van der Waals surface area contributed by atoms with Crippen molar-refractivity contribution in [1.82, 2.24) is 14.2 Å². The Hall–Kier alpha value is -2.11. The lowest BCUT2D eigenvalue weighted by Gasteiger charge is -2.08. The van der Waals surface area contributed by atoms with Crippen LogP contribution in [0.2, 0.25) is 0 Å². The molecule has 0 amide bonds. The van der Waals surface area contributed by atoms with Crippen molar-refractivity contribution >= 4 is 11.5 Å². The molecule has 0 saturated heterocycles. The number of aromatic nitrogens is 3. The van der Waals surface area contributed by atoms with E-state index in [0.29, 0.717) is 5.52 Å². The van der Waals surface area contributed by atoms with Crippen LogP contribution >= 0.6 is 0 Å². The highest BCUT2D eigenvalue weighted by atomic mass is 16.5. The second-order valence-corrected chi connectivity index (χ2v) is 3.93. The third-order valence-electron chi connectivity index (χ3n) is 2.18. The maximum Gasteiger partial charge on any atom is 0.349 e. The summed E-state index contributed by atoms with van der Waals surface area (Å²) in [6.45, 7) is 3.33. The molecule has 6 heteroatoms. The number of rotatable bonds is 3. The Kier molecular flexibility index (Phi) is 2.95. The molecular formula is C11H13N3O3. The van der Waals surface area contributed by atoms with Crippen LogP contribution in [0, 0.1) is 0 Å². The minimum atomic E-state index is -0.471. The fourth-order valence-corrected chi connectivity index (χ4v) is 1.51. The van der Waals surface area contributed by atoms with E-state index in [1.165, 1.54) is 10.6 Å². The van der Waals surface area contributed by atoms with Crippen LogP contribution in [-0.4, -0.2) is 26.3 Å². The van der Waals surface area contributed by atoms with Gasteiger partial charge in [-0.1, -0.05) is 0 Å². The minimum Gasteiger partial charge on any atom is -0.462 e. The first-order chi connectivity index (χ1) is 8.08. The van der Waals surface area contributed by atoms with E-state index in [1.54, 1.807) is 32.2 Å². The first-order valence-electron chi connectivity index (χ1n) is 5.30. The first-order valence-corrected chi connectivity index (χ1v) is 5.30. The third-order valence-corrected chi connectivity index (χ3v) is 2.18. The summed E-state index contributed by atoms with van der Waals surface area (Å²) in [6, 6.07) is 3.51. The van der Waals surface area contributed by atoms with Crippen LogP contribution in [0.25, 0.3) is 5.52 Å². The van der Waals surface area contributed by atoms with Gasteiger partial charge < -0.3 is 4.74 Å². The van der Waals surface area contributed by atoms with Crippen LogP contribution < -0.4 is 5.69 Å². The number of ether oxygens (including phenoxy) is 1. The van der Waals surface area contributed by atoms with Gasteiger partial charge in [0.1, 0.15) is 6.54 Å². The Labute approximate surface area is 97.4 Å². The Bertz CT molecular complexity index is 597. The number of esters is 1. The van der Waals surface area contributed by atoms with E-state index in [4.69, 9.17) is 4.74 Å². The minimum absolute atomic E-state index is 0.175. The summed E-state index contributed by atoms with van der Waals surface area (Å²) in [5.41, 5.74) is 0.344. The topological polar surface area (TPSA) is 65.6 Å². The van der Waals surface area contributed by atoms with Gasteiger partial charge in [0.2, 0.25) is 0 Å². The molecule has 0 aliphatic carbocycles. The molecule has 0 fully saturated rings. The van der Waals surface area contributed by atoms with Gasteiger partial charge in [0.25, 0.3) is 0 Å². The molecule has 0 radical (unpaired) electrons. The van der Waals surface area contributed by atoms with Crippen molar-refractivity contribution in [3.05, 3.63) is 35.0 Å². The number of hydrogen-bond acceptors (Lipinski definition) is 4. The summed E-state index contributed by atoms with van der Waals surface area (Å²) in [5.74, 6) is -0.471. The fraction of sp³-hybridized carbons (Fsp3) is 0.364. The van der Waals surface area contributed by atoms with E-state index in [-0.39, 0.29) is 18.3 Å². The van der Waals surface area contributed by atoms with Crippen molar-refractivity contribution in [2.75, 3.05) is 0 Å². The molecule has 0 bridgehead atoms. The number of carbonyl (C=O) groups is 1. The maximum absolute atomic E-state index is 11.9. The van der Waals surface area contributed by atoms with Crippen molar-refractivity contribution in [3.8, 4) is 0 Å². The van der Waals surface area contributed by atoms with E-state index in [9.17, 15) is 9.59 Å². The van der Waals surface area contributed by atoms with Crippen LogP contribution in [0.5, 0.6) is 0 Å². The Balaban J connectivity index is 2.27. The lowest BCUT2D eigenvalue weighted by atomic mass is 10.5. The number of carbonyl (C=O) groups excluding carboxylic acids is 1. The molecule has 17 heavy (non-hydrogen) atoms. The maximum atomic E-state index is 11.9. The zero-order valence-corrected chi connectivity index (χ0v) is 9.66.